The van der Waals surface area contributed by atoms with Crippen LogP contribution in [-0.2, 0) is 6.54 Å². The predicted octanol–water partition coefficient (Wildman–Crippen LogP) is 1.73. The van der Waals surface area contributed by atoms with E-state index < -0.39 is 0 Å². The van der Waals surface area contributed by atoms with Crippen molar-refractivity contribution in [2.75, 3.05) is 7.05 Å². The van der Waals surface area contributed by atoms with Crippen LogP contribution in [0.25, 0.3) is 0 Å². The standard InChI is InChI=1S/C11H11ClN4O/c1-16(6-10-13-7-14-15-10)11(17)8-2-4-9(12)5-3-8/h2-5,7H,6H2,1H3,(H,13,14,15). The zero-order valence-electron chi connectivity index (χ0n) is 9.22. The van der Waals surface area contributed by atoms with Crippen molar-refractivity contribution in [3.8, 4) is 0 Å². The summed E-state index contributed by atoms with van der Waals surface area (Å²) in [6.07, 6.45) is 1.41. The summed E-state index contributed by atoms with van der Waals surface area (Å²) in [5.41, 5.74) is 0.594. The Morgan fingerprint density at radius 3 is 2.71 bits per heavy atom. The molecule has 0 saturated heterocycles. The number of carbonyl (C=O) groups excluding carboxylic acids is 1. The SMILES string of the molecule is CN(Cc1ncn[nH]1)C(=O)c1ccc(Cl)cc1. The molecule has 0 unspecified atom stereocenters. The largest absolute Gasteiger partial charge is 0.334 e. The van der Waals surface area contributed by atoms with Crippen molar-refractivity contribution in [2.45, 2.75) is 6.54 Å². The van der Waals surface area contributed by atoms with Crippen LogP contribution in [0, 0.1) is 0 Å². The third-order valence-corrected chi connectivity index (χ3v) is 2.54. The minimum Gasteiger partial charge on any atom is -0.334 e. The fourth-order valence-electron chi connectivity index (χ4n) is 1.42. The fraction of sp³-hybridized carbons (Fsp3) is 0.182. The lowest BCUT2D eigenvalue weighted by molar-refractivity contribution is 0.0781. The molecule has 0 fully saturated rings. The van der Waals surface area contributed by atoms with Crippen molar-refractivity contribution in [2.24, 2.45) is 0 Å². The molecule has 0 saturated carbocycles. The first-order valence-electron chi connectivity index (χ1n) is 5.02. The van der Waals surface area contributed by atoms with Gasteiger partial charge in [0.15, 0.2) is 0 Å². The second kappa shape index (κ2) is 4.97. The number of aromatic amines is 1. The highest BCUT2D eigenvalue weighted by molar-refractivity contribution is 6.30. The van der Waals surface area contributed by atoms with Gasteiger partial charge in [-0.25, -0.2) is 4.98 Å². The zero-order valence-corrected chi connectivity index (χ0v) is 9.98. The van der Waals surface area contributed by atoms with E-state index in [2.05, 4.69) is 15.2 Å². The van der Waals surface area contributed by atoms with Gasteiger partial charge in [0.05, 0.1) is 6.54 Å². The molecule has 2 rings (SSSR count). The van der Waals surface area contributed by atoms with E-state index in [9.17, 15) is 4.79 Å². The topological polar surface area (TPSA) is 61.9 Å². The van der Waals surface area contributed by atoms with Gasteiger partial charge in [0.25, 0.3) is 5.91 Å². The third-order valence-electron chi connectivity index (χ3n) is 2.29. The summed E-state index contributed by atoms with van der Waals surface area (Å²) in [5.74, 6) is 0.563. The summed E-state index contributed by atoms with van der Waals surface area (Å²) in [5, 5.41) is 7.05. The molecule has 17 heavy (non-hydrogen) atoms. The number of nitrogens with zero attached hydrogens (tertiary/aromatic N) is 3. The first kappa shape index (κ1) is 11.6. The fourth-order valence-corrected chi connectivity index (χ4v) is 1.54. The van der Waals surface area contributed by atoms with Crippen LogP contribution >= 0.6 is 11.6 Å². The molecule has 1 heterocycles. The number of aromatic nitrogens is 3. The second-order valence-corrected chi connectivity index (χ2v) is 4.04. The number of benzene rings is 1. The lowest BCUT2D eigenvalue weighted by Gasteiger charge is -2.15. The number of hydrogen-bond acceptors (Lipinski definition) is 3. The second-order valence-electron chi connectivity index (χ2n) is 3.60. The molecule has 0 radical (unpaired) electrons. The first-order chi connectivity index (χ1) is 8.16. The Hall–Kier alpha value is -1.88. The molecule has 0 aliphatic carbocycles. The van der Waals surface area contributed by atoms with E-state index in [1.807, 2.05) is 0 Å². The Kier molecular flexibility index (Phi) is 3.39. The molecule has 0 spiro atoms. The van der Waals surface area contributed by atoms with Crippen molar-refractivity contribution >= 4 is 17.5 Å². The van der Waals surface area contributed by atoms with E-state index >= 15 is 0 Å². The van der Waals surface area contributed by atoms with Crippen molar-refractivity contribution in [3.05, 3.63) is 47.0 Å². The maximum Gasteiger partial charge on any atom is 0.254 e. The number of amides is 1. The van der Waals surface area contributed by atoms with Gasteiger partial charge < -0.3 is 4.90 Å². The average Bonchev–Trinajstić information content (AvgIpc) is 2.82. The Morgan fingerprint density at radius 2 is 2.12 bits per heavy atom. The van der Waals surface area contributed by atoms with Gasteiger partial charge in [-0.3, -0.25) is 9.89 Å². The summed E-state index contributed by atoms with van der Waals surface area (Å²) in [7, 11) is 1.71. The van der Waals surface area contributed by atoms with Gasteiger partial charge in [-0.05, 0) is 24.3 Å². The van der Waals surface area contributed by atoms with Crippen LogP contribution in [0.4, 0.5) is 0 Å². The Morgan fingerprint density at radius 1 is 1.41 bits per heavy atom. The number of halogens is 1. The maximum absolute atomic E-state index is 12.0. The molecule has 0 bridgehead atoms. The normalized spacial score (nSPS) is 10.2. The van der Waals surface area contributed by atoms with Gasteiger partial charge >= 0.3 is 0 Å². The van der Waals surface area contributed by atoms with Gasteiger partial charge in [-0.1, -0.05) is 11.6 Å². The van der Waals surface area contributed by atoms with Crippen LogP contribution in [-0.4, -0.2) is 33.0 Å². The van der Waals surface area contributed by atoms with Crippen molar-refractivity contribution < 1.29 is 4.79 Å². The van der Waals surface area contributed by atoms with Crippen LogP contribution < -0.4 is 0 Å². The quantitative estimate of drug-likeness (QED) is 0.902. The average molecular weight is 251 g/mol. The number of hydrogen-bond donors (Lipinski definition) is 1. The van der Waals surface area contributed by atoms with E-state index in [-0.39, 0.29) is 5.91 Å². The minimum atomic E-state index is -0.0851. The van der Waals surface area contributed by atoms with E-state index in [0.29, 0.717) is 23.0 Å². The van der Waals surface area contributed by atoms with Gasteiger partial charge in [-0.15, -0.1) is 0 Å². The van der Waals surface area contributed by atoms with E-state index in [4.69, 9.17) is 11.6 Å². The van der Waals surface area contributed by atoms with Crippen LogP contribution in [0.2, 0.25) is 5.02 Å². The van der Waals surface area contributed by atoms with Crippen LogP contribution in [0.15, 0.2) is 30.6 Å². The minimum absolute atomic E-state index is 0.0851. The van der Waals surface area contributed by atoms with E-state index in [0.717, 1.165) is 0 Å². The summed E-state index contributed by atoms with van der Waals surface area (Å²) in [6, 6.07) is 6.78. The lowest BCUT2D eigenvalue weighted by Crippen LogP contribution is -2.26. The monoisotopic (exact) mass is 250 g/mol. The van der Waals surface area contributed by atoms with Gasteiger partial charge in [0.1, 0.15) is 12.2 Å². The molecule has 1 amide bonds. The highest BCUT2D eigenvalue weighted by Crippen LogP contribution is 2.11. The molecule has 1 N–H and O–H groups in total. The molecule has 88 valence electrons. The number of H-pyrrole nitrogens is 1. The molecule has 2 aromatic rings. The van der Waals surface area contributed by atoms with Gasteiger partial charge in [0, 0.05) is 17.6 Å². The molecule has 5 nitrogen and oxygen atoms in total. The maximum atomic E-state index is 12.0. The van der Waals surface area contributed by atoms with Crippen molar-refractivity contribution in [1.82, 2.24) is 20.1 Å². The molecule has 6 heteroatoms. The predicted molar refractivity (Wildman–Crippen MR) is 63.6 cm³/mol. The Bertz CT molecular complexity index is 495. The smallest absolute Gasteiger partial charge is 0.254 e. The van der Waals surface area contributed by atoms with Crippen LogP contribution in [0.5, 0.6) is 0 Å². The molecular formula is C11H11ClN4O. The highest BCUT2D eigenvalue weighted by Gasteiger charge is 2.12. The first-order valence-corrected chi connectivity index (χ1v) is 5.40. The van der Waals surface area contributed by atoms with E-state index in [1.54, 1.807) is 36.2 Å². The molecule has 0 atom stereocenters. The molecule has 0 aliphatic heterocycles. The van der Waals surface area contributed by atoms with E-state index in [1.165, 1.54) is 6.33 Å². The van der Waals surface area contributed by atoms with Crippen molar-refractivity contribution in [1.29, 1.82) is 0 Å². The Labute approximate surface area is 103 Å². The highest BCUT2D eigenvalue weighted by atomic mass is 35.5. The summed E-state index contributed by atoms with van der Waals surface area (Å²) in [6.45, 7) is 0.390. The Balaban J connectivity index is 2.07. The zero-order chi connectivity index (χ0) is 12.3. The van der Waals surface area contributed by atoms with Gasteiger partial charge in [0.2, 0.25) is 0 Å². The molecule has 1 aromatic carbocycles. The van der Waals surface area contributed by atoms with Crippen LogP contribution in [0.1, 0.15) is 16.2 Å². The lowest BCUT2D eigenvalue weighted by atomic mass is 10.2. The summed E-state index contributed by atoms with van der Waals surface area (Å²) >= 11 is 5.76. The number of rotatable bonds is 3. The third kappa shape index (κ3) is 2.82. The molecule has 1 aromatic heterocycles. The van der Waals surface area contributed by atoms with Crippen molar-refractivity contribution in [3.63, 3.8) is 0 Å². The molecular weight excluding hydrogens is 240 g/mol. The van der Waals surface area contributed by atoms with Gasteiger partial charge in [-0.2, -0.15) is 5.10 Å². The number of carbonyl (C=O) groups is 1. The summed E-state index contributed by atoms with van der Waals surface area (Å²) in [4.78, 5) is 17.5. The number of nitrogens with one attached hydrogen (secondary N) is 1. The summed E-state index contributed by atoms with van der Waals surface area (Å²) < 4.78 is 0. The van der Waals surface area contributed by atoms with Crippen LogP contribution in [0.3, 0.4) is 0 Å². The molecule has 0 aliphatic rings.